The fourth-order valence-corrected chi connectivity index (χ4v) is 4.22. The minimum absolute atomic E-state index is 0.0458. The number of amides is 3. The lowest BCUT2D eigenvalue weighted by molar-refractivity contribution is -0.132. The Hall–Kier alpha value is -4.00. The third-order valence-electron chi connectivity index (χ3n) is 6.21. The van der Waals surface area contributed by atoms with Crippen molar-refractivity contribution < 1.29 is 18.8 Å². The molecule has 0 aliphatic carbocycles. The summed E-state index contributed by atoms with van der Waals surface area (Å²) in [6.07, 6.45) is 1.41. The van der Waals surface area contributed by atoms with Gasteiger partial charge in [-0.2, -0.15) is 0 Å². The predicted molar refractivity (Wildman–Crippen MR) is 131 cm³/mol. The quantitative estimate of drug-likeness (QED) is 0.542. The first-order valence-corrected chi connectivity index (χ1v) is 11.7. The highest BCUT2D eigenvalue weighted by molar-refractivity contribution is 5.95. The first kappa shape index (κ1) is 24.1. The topological polar surface area (TPSA) is 78.5 Å². The van der Waals surface area contributed by atoms with E-state index in [4.69, 9.17) is 0 Å². The number of nitrogens with one attached hydrogen (secondary N) is 2. The average molecular weight is 474 g/mol. The second-order valence-corrected chi connectivity index (χ2v) is 8.64. The molecule has 6 nitrogen and oxygen atoms in total. The third kappa shape index (κ3) is 6.53. The van der Waals surface area contributed by atoms with Crippen molar-refractivity contribution in [1.82, 2.24) is 15.5 Å². The van der Waals surface area contributed by atoms with Crippen molar-refractivity contribution in [1.29, 1.82) is 0 Å². The highest BCUT2D eigenvalue weighted by Gasteiger charge is 2.27. The molecule has 1 aliphatic rings. The maximum Gasteiger partial charge on any atom is 0.251 e. The average Bonchev–Trinajstić information content (AvgIpc) is 2.90. The van der Waals surface area contributed by atoms with E-state index in [1.54, 1.807) is 29.2 Å². The first-order valence-electron chi connectivity index (χ1n) is 11.7. The number of likely N-dealkylation sites (tertiary alicyclic amines) is 1. The van der Waals surface area contributed by atoms with Crippen LogP contribution in [-0.2, 0) is 4.79 Å². The van der Waals surface area contributed by atoms with E-state index in [1.807, 2.05) is 36.4 Å². The van der Waals surface area contributed by atoms with Crippen molar-refractivity contribution >= 4 is 17.7 Å². The molecule has 180 valence electrons. The van der Waals surface area contributed by atoms with Gasteiger partial charge in [-0.1, -0.05) is 48.5 Å². The fraction of sp³-hybridized carbons (Fsp3) is 0.250. The van der Waals surface area contributed by atoms with Crippen molar-refractivity contribution in [2.24, 2.45) is 0 Å². The molecule has 0 saturated carbocycles. The molecule has 0 spiro atoms. The van der Waals surface area contributed by atoms with Crippen LogP contribution in [0.25, 0.3) is 0 Å². The number of benzene rings is 3. The predicted octanol–water partition coefficient (Wildman–Crippen LogP) is 4.11. The Morgan fingerprint density at radius 3 is 2.00 bits per heavy atom. The van der Waals surface area contributed by atoms with Gasteiger partial charge >= 0.3 is 0 Å². The van der Waals surface area contributed by atoms with Gasteiger partial charge < -0.3 is 15.5 Å². The van der Waals surface area contributed by atoms with Crippen LogP contribution >= 0.6 is 0 Å². The molecule has 4 rings (SSSR count). The smallest absolute Gasteiger partial charge is 0.251 e. The minimum Gasteiger partial charge on any atom is -0.349 e. The van der Waals surface area contributed by atoms with Gasteiger partial charge in [0.1, 0.15) is 5.82 Å². The molecule has 1 unspecified atom stereocenters. The number of halogens is 1. The Labute approximate surface area is 204 Å². The summed E-state index contributed by atoms with van der Waals surface area (Å²) in [4.78, 5) is 40.1. The molecule has 1 fully saturated rings. The van der Waals surface area contributed by atoms with Crippen LogP contribution < -0.4 is 10.6 Å². The monoisotopic (exact) mass is 473 g/mol. The van der Waals surface area contributed by atoms with Crippen LogP contribution in [-0.4, -0.2) is 41.8 Å². The molecule has 1 saturated heterocycles. The van der Waals surface area contributed by atoms with Crippen molar-refractivity contribution in [2.45, 2.75) is 31.3 Å². The molecule has 3 amide bonds. The second kappa shape index (κ2) is 11.4. The van der Waals surface area contributed by atoms with E-state index in [1.165, 1.54) is 24.3 Å². The summed E-state index contributed by atoms with van der Waals surface area (Å²) < 4.78 is 13.1. The zero-order valence-electron chi connectivity index (χ0n) is 19.3. The molecule has 2 N–H and O–H groups in total. The summed E-state index contributed by atoms with van der Waals surface area (Å²) in [7, 11) is 0. The Kier molecular flexibility index (Phi) is 7.88. The van der Waals surface area contributed by atoms with Crippen molar-refractivity contribution in [3.05, 3.63) is 107 Å². The number of hydrogen-bond acceptors (Lipinski definition) is 3. The van der Waals surface area contributed by atoms with Crippen LogP contribution in [0.1, 0.15) is 51.6 Å². The molecule has 1 aliphatic heterocycles. The Morgan fingerprint density at radius 1 is 0.800 bits per heavy atom. The summed E-state index contributed by atoms with van der Waals surface area (Å²) in [6, 6.07) is 23.3. The van der Waals surface area contributed by atoms with Crippen molar-refractivity contribution in [2.75, 3.05) is 13.1 Å². The van der Waals surface area contributed by atoms with Crippen LogP contribution in [0.3, 0.4) is 0 Å². The van der Waals surface area contributed by atoms with Gasteiger partial charge in [-0.05, 0) is 54.8 Å². The van der Waals surface area contributed by atoms with Gasteiger partial charge in [-0.15, -0.1) is 0 Å². The fourth-order valence-electron chi connectivity index (χ4n) is 4.22. The maximum absolute atomic E-state index is 13.1. The Morgan fingerprint density at radius 2 is 1.37 bits per heavy atom. The molecule has 0 radical (unpaired) electrons. The molecule has 3 aromatic rings. The number of nitrogens with zero attached hydrogens (tertiary/aromatic N) is 1. The molecule has 7 heteroatoms. The van der Waals surface area contributed by atoms with E-state index >= 15 is 0 Å². The van der Waals surface area contributed by atoms with Gasteiger partial charge in [0.15, 0.2) is 0 Å². The molecule has 3 aromatic carbocycles. The molecule has 0 aromatic heterocycles. The van der Waals surface area contributed by atoms with Gasteiger partial charge in [0.2, 0.25) is 5.91 Å². The summed E-state index contributed by atoms with van der Waals surface area (Å²) in [5.74, 6) is -0.908. The van der Waals surface area contributed by atoms with Crippen LogP contribution in [0.2, 0.25) is 0 Å². The zero-order chi connectivity index (χ0) is 24.6. The number of piperidine rings is 1. The summed E-state index contributed by atoms with van der Waals surface area (Å²) in [5.41, 5.74) is 1.81. The SMILES string of the molecule is O=C(NC1CCN(C(=O)CC(NC(=O)c2ccccc2)c2ccccc2)CC1)c1ccc(F)cc1. The number of carbonyl (C=O) groups excluding carboxylic acids is 3. The Bertz CT molecular complexity index is 1150. The molecule has 1 heterocycles. The lowest BCUT2D eigenvalue weighted by Crippen LogP contribution is -2.47. The lowest BCUT2D eigenvalue weighted by Gasteiger charge is -2.33. The van der Waals surface area contributed by atoms with Crippen molar-refractivity contribution in [3.8, 4) is 0 Å². The molecular formula is C28H28FN3O3. The van der Waals surface area contributed by atoms with E-state index in [0.29, 0.717) is 37.1 Å². The van der Waals surface area contributed by atoms with Crippen LogP contribution in [0.5, 0.6) is 0 Å². The zero-order valence-corrected chi connectivity index (χ0v) is 19.3. The van der Waals surface area contributed by atoms with E-state index in [2.05, 4.69) is 10.6 Å². The molecule has 35 heavy (non-hydrogen) atoms. The maximum atomic E-state index is 13.1. The van der Waals surface area contributed by atoms with Gasteiger partial charge in [0.25, 0.3) is 11.8 Å². The lowest BCUT2D eigenvalue weighted by atomic mass is 10.00. The summed E-state index contributed by atoms with van der Waals surface area (Å²) in [6.45, 7) is 1.03. The van der Waals surface area contributed by atoms with Gasteiger partial charge in [-0.25, -0.2) is 4.39 Å². The highest BCUT2D eigenvalue weighted by Crippen LogP contribution is 2.21. The van der Waals surface area contributed by atoms with Gasteiger partial charge in [0.05, 0.1) is 12.5 Å². The standard InChI is InChI=1S/C28H28FN3O3/c29-23-13-11-22(12-14-23)27(34)30-24-15-17-32(18-16-24)26(33)19-25(20-7-3-1-4-8-20)31-28(35)21-9-5-2-6-10-21/h1-14,24-25H,15-19H2,(H,30,34)(H,31,35). The third-order valence-corrected chi connectivity index (χ3v) is 6.21. The van der Waals surface area contributed by atoms with Gasteiger partial charge in [-0.3, -0.25) is 14.4 Å². The number of rotatable bonds is 7. The molecular weight excluding hydrogens is 445 g/mol. The van der Waals surface area contributed by atoms with E-state index in [-0.39, 0.29) is 36.0 Å². The summed E-state index contributed by atoms with van der Waals surface area (Å²) in [5, 5.41) is 5.98. The van der Waals surface area contributed by atoms with Crippen LogP contribution in [0, 0.1) is 5.82 Å². The Balaban J connectivity index is 1.34. The molecule has 0 bridgehead atoms. The summed E-state index contributed by atoms with van der Waals surface area (Å²) >= 11 is 0. The van der Waals surface area contributed by atoms with E-state index in [0.717, 1.165) is 5.56 Å². The first-order chi connectivity index (χ1) is 17.0. The van der Waals surface area contributed by atoms with Gasteiger partial charge in [0, 0.05) is 30.3 Å². The van der Waals surface area contributed by atoms with E-state index in [9.17, 15) is 18.8 Å². The highest BCUT2D eigenvalue weighted by atomic mass is 19.1. The number of hydrogen-bond donors (Lipinski definition) is 2. The van der Waals surface area contributed by atoms with E-state index < -0.39 is 6.04 Å². The normalized spacial score (nSPS) is 14.7. The second-order valence-electron chi connectivity index (χ2n) is 8.64. The molecule has 1 atom stereocenters. The van der Waals surface area contributed by atoms with Crippen LogP contribution in [0.4, 0.5) is 4.39 Å². The van der Waals surface area contributed by atoms with Crippen LogP contribution in [0.15, 0.2) is 84.9 Å². The minimum atomic E-state index is -0.452. The number of carbonyl (C=O) groups is 3. The largest absolute Gasteiger partial charge is 0.349 e. The van der Waals surface area contributed by atoms with Crippen molar-refractivity contribution in [3.63, 3.8) is 0 Å².